The van der Waals surface area contributed by atoms with Crippen LogP contribution >= 0.6 is 11.3 Å². The van der Waals surface area contributed by atoms with Gasteiger partial charge in [-0.2, -0.15) is 0 Å². The lowest BCUT2D eigenvalue weighted by Crippen LogP contribution is -2.13. The highest BCUT2D eigenvalue weighted by Gasteiger charge is 2.17. The first-order valence-electron chi connectivity index (χ1n) is 8.30. The Kier molecular flexibility index (Phi) is 5.85. The fraction of sp³-hybridized carbons (Fsp3) is 0.222. The normalized spacial score (nSPS) is 11.3. The van der Waals surface area contributed by atoms with Crippen LogP contribution in [-0.4, -0.2) is 25.2 Å². The lowest BCUT2D eigenvalue weighted by Gasteiger charge is -2.07. The van der Waals surface area contributed by atoms with Gasteiger partial charge in [0.2, 0.25) is 0 Å². The summed E-state index contributed by atoms with van der Waals surface area (Å²) in [7, 11) is -3.62. The highest BCUT2D eigenvalue weighted by atomic mass is 32.2. The number of hydrogen-bond donors (Lipinski definition) is 2. The quantitative estimate of drug-likeness (QED) is 0.616. The van der Waals surface area contributed by atoms with Gasteiger partial charge in [-0.1, -0.05) is 37.3 Å². The molecule has 0 bridgehead atoms. The van der Waals surface area contributed by atoms with Gasteiger partial charge in [0, 0.05) is 11.4 Å². The predicted molar refractivity (Wildman–Crippen MR) is 105 cm³/mol. The molecule has 2 heterocycles. The number of aryl methyl sites for hydroxylation is 1. The van der Waals surface area contributed by atoms with Crippen molar-refractivity contribution in [1.29, 1.82) is 0 Å². The number of sulfonamides is 1. The minimum atomic E-state index is -3.62. The fourth-order valence-electron chi connectivity index (χ4n) is 2.34. The van der Waals surface area contributed by atoms with Crippen LogP contribution in [0.4, 0.5) is 11.6 Å². The standard InChI is InChI=1S/C18H20N4O2S2/c1-2-15-8-11-18(25-15)26(23,24)22-17-10-9-16(20-21-17)19-13-12-14-6-4-3-5-7-14/h3-11H,2,12-13H2,1H3,(H,19,20)(H,21,22). The second-order valence-corrected chi connectivity index (χ2v) is 8.72. The summed E-state index contributed by atoms with van der Waals surface area (Å²) in [5, 5.41) is 11.1. The summed E-state index contributed by atoms with van der Waals surface area (Å²) in [5.41, 5.74) is 1.24. The summed E-state index contributed by atoms with van der Waals surface area (Å²) < 4.78 is 27.5. The van der Waals surface area contributed by atoms with Crippen molar-refractivity contribution >= 4 is 33.0 Å². The molecule has 0 aliphatic rings. The number of benzene rings is 1. The summed E-state index contributed by atoms with van der Waals surface area (Å²) in [5.74, 6) is 0.804. The molecule has 0 unspecified atom stereocenters. The van der Waals surface area contributed by atoms with E-state index in [0.717, 1.165) is 24.3 Å². The number of nitrogens with one attached hydrogen (secondary N) is 2. The van der Waals surface area contributed by atoms with Crippen LogP contribution in [0.1, 0.15) is 17.4 Å². The minimum Gasteiger partial charge on any atom is -0.368 e. The van der Waals surface area contributed by atoms with E-state index in [1.807, 2.05) is 31.2 Å². The van der Waals surface area contributed by atoms with Crippen LogP contribution in [0.2, 0.25) is 0 Å². The molecule has 0 saturated carbocycles. The average Bonchev–Trinajstić information content (AvgIpc) is 3.14. The highest BCUT2D eigenvalue weighted by molar-refractivity contribution is 7.94. The lowest BCUT2D eigenvalue weighted by atomic mass is 10.1. The van der Waals surface area contributed by atoms with Crippen LogP contribution < -0.4 is 10.0 Å². The molecule has 0 aliphatic heterocycles. The van der Waals surface area contributed by atoms with Gasteiger partial charge in [-0.15, -0.1) is 21.5 Å². The van der Waals surface area contributed by atoms with Crippen LogP contribution in [0.25, 0.3) is 0 Å². The molecule has 0 fully saturated rings. The number of nitrogens with zero attached hydrogens (tertiary/aromatic N) is 2. The predicted octanol–water partition coefficient (Wildman–Crippen LogP) is 3.56. The van der Waals surface area contributed by atoms with Crippen molar-refractivity contribution in [3.63, 3.8) is 0 Å². The van der Waals surface area contributed by atoms with Crippen LogP contribution in [0.15, 0.2) is 58.8 Å². The van der Waals surface area contributed by atoms with E-state index in [1.165, 1.54) is 16.9 Å². The van der Waals surface area contributed by atoms with Gasteiger partial charge in [-0.05, 0) is 42.7 Å². The van der Waals surface area contributed by atoms with Crippen molar-refractivity contribution in [1.82, 2.24) is 10.2 Å². The zero-order chi connectivity index (χ0) is 18.4. The first-order chi connectivity index (χ1) is 12.6. The van der Waals surface area contributed by atoms with Crippen LogP contribution in [0, 0.1) is 0 Å². The summed E-state index contributed by atoms with van der Waals surface area (Å²) in [6.07, 6.45) is 1.68. The molecule has 0 radical (unpaired) electrons. The number of thiophene rings is 1. The molecule has 0 spiro atoms. The molecule has 2 aromatic heterocycles. The molecule has 0 atom stereocenters. The van der Waals surface area contributed by atoms with E-state index in [1.54, 1.807) is 18.2 Å². The smallest absolute Gasteiger partial charge is 0.272 e. The molecular formula is C18H20N4O2S2. The monoisotopic (exact) mass is 388 g/mol. The summed E-state index contributed by atoms with van der Waals surface area (Å²) >= 11 is 1.26. The van der Waals surface area contributed by atoms with Gasteiger partial charge in [0.1, 0.15) is 10.0 Å². The summed E-state index contributed by atoms with van der Waals surface area (Å²) in [6.45, 7) is 2.71. The van der Waals surface area contributed by atoms with Crippen molar-refractivity contribution in [3.05, 3.63) is 65.0 Å². The van der Waals surface area contributed by atoms with Crippen molar-refractivity contribution in [2.24, 2.45) is 0 Å². The zero-order valence-electron chi connectivity index (χ0n) is 14.3. The molecule has 0 aliphatic carbocycles. The second-order valence-electron chi connectivity index (χ2n) is 5.65. The highest BCUT2D eigenvalue weighted by Crippen LogP contribution is 2.23. The molecule has 0 saturated heterocycles. The van der Waals surface area contributed by atoms with E-state index in [4.69, 9.17) is 0 Å². The topological polar surface area (TPSA) is 84.0 Å². The minimum absolute atomic E-state index is 0.199. The van der Waals surface area contributed by atoms with E-state index in [-0.39, 0.29) is 10.0 Å². The third kappa shape index (κ3) is 4.80. The van der Waals surface area contributed by atoms with Gasteiger partial charge in [0.25, 0.3) is 10.0 Å². The second kappa shape index (κ2) is 8.29. The fourth-order valence-corrected chi connectivity index (χ4v) is 4.63. The van der Waals surface area contributed by atoms with Crippen molar-refractivity contribution in [2.45, 2.75) is 24.0 Å². The molecule has 3 aromatic rings. The Labute approximate surface area is 157 Å². The Balaban J connectivity index is 1.57. The largest absolute Gasteiger partial charge is 0.368 e. The molecule has 1 aromatic carbocycles. The van der Waals surface area contributed by atoms with Crippen LogP contribution in [0.5, 0.6) is 0 Å². The van der Waals surface area contributed by atoms with Gasteiger partial charge in [-0.3, -0.25) is 4.72 Å². The van der Waals surface area contributed by atoms with E-state index >= 15 is 0 Å². The van der Waals surface area contributed by atoms with Gasteiger partial charge < -0.3 is 5.32 Å². The van der Waals surface area contributed by atoms with E-state index < -0.39 is 10.0 Å². The lowest BCUT2D eigenvalue weighted by molar-refractivity contribution is 0.603. The molecule has 0 amide bonds. The van der Waals surface area contributed by atoms with E-state index in [2.05, 4.69) is 32.4 Å². The number of anilines is 2. The Hall–Kier alpha value is -2.45. The van der Waals surface area contributed by atoms with E-state index in [0.29, 0.717) is 5.82 Å². The molecule has 26 heavy (non-hydrogen) atoms. The Morgan fingerprint density at radius 3 is 2.35 bits per heavy atom. The maximum atomic E-state index is 12.4. The molecule has 6 nitrogen and oxygen atoms in total. The molecule has 2 N–H and O–H groups in total. The Morgan fingerprint density at radius 2 is 1.69 bits per heavy atom. The molecular weight excluding hydrogens is 368 g/mol. The van der Waals surface area contributed by atoms with Crippen LogP contribution in [0.3, 0.4) is 0 Å². The van der Waals surface area contributed by atoms with E-state index in [9.17, 15) is 8.42 Å². The average molecular weight is 389 g/mol. The Bertz CT molecular complexity index is 939. The first-order valence-corrected chi connectivity index (χ1v) is 10.6. The summed E-state index contributed by atoms with van der Waals surface area (Å²) in [4.78, 5) is 1.02. The number of rotatable bonds is 8. The maximum Gasteiger partial charge on any atom is 0.272 e. The van der Waals surface area contributed by atoms with Gasteiger partial charge in [-0.25, -0.2) is 8.42 Å². The number of aromatic nitrogens is 2. The van der Waals surface area contributed by atoms with Gasteiger partial charge in [0.05, 0.1) is 0 Å². The van der Waals surface area contributed by atoms with Crippen molar-refractivity contribution in [3.8, 4) is 0 Å². The van der Waals surface area contributed by atoms with Crippen LogP contribution in [-0.2, 0) is 22.9 Å². The summed E-state index contributed by atoms with van der Waals surface area (Å²) in [6, 6.07) is 16.9. The molecule has 136 valence electrons. The first kappa shape index (κ1) is 18.3. The van der Waals surface area contributed by atoms with Crippen molar-refractivity contribution in [2.75, 3.05) is 16.6 Å². The zero-order valence-corrected chi connectivity index (χ0v) is 16.0. The van der Waals surface area contributed by atoms with Crippen molar-refractivity contribution < 1.29 is 8.42 Å². The third-order valence-corrected chi connectivity index (χ3v) is 6.79. The molecule has 3 rings (SSSR count). The maximum absolute atomic E-state index is 12.4. The SMILES string of the molecule is CCc1ccc(S(=O)(=O)Nc2ccc(NCCc3ccccc3)nn2)s1. The third-order valence-electron chi connectivity index (χ3n) is 3.72. The number of hydrogen-bond acceptors (Lipinski definition) is 6. The molecule has 8 heteroatoms. The van der Waals surface area contributed by atoms with Gasteiger partial charge >= 0.3 is 0 Å². The van der Waals surface area contributed by atoms with Gasteiger partial charge in [0.15, 0.2) is 5.82 Å². The Morgan fingerprint density at radius 1 is 0.962 bits per heavy atom.